The number of nitrogens with one attached hydrogen (secondary N) is 1. The van der Waals surface area contributed by atoms with Gasteiger partial charge in [-0.05, 0) is 77.0 Å². The lowest BCUT2D eigenvalue weighted by molar-refractivity contribution is -0.143. The Morgan fingerprint density at radius 3 is 1.04 bits per heavy atom. The van der Waals surface area contributed by atoms with E-state index < -0.39 is 12.1 Å². The van der Waals surface area contributed by atoms with E-state index >= 15 is 0 Å². The van der Waals surface area contributed by atoms with Crippen molar-refractivity contribution in [3.05, 3.63) is 24.3 Å². The Hall–Kier alpha value is -1.66. The second-order valence-corrected chi connectivity index (χ2v) is 21.0. The molecule has 3 N–H and O–H groups in total. The first-order valence-electron chi connectivity index (χ1n) is 30.6. The molecule has 6 heteroatoms. The number of hydrogen-bond donors (Lipinski definition) is 3. The van der Waals surface area contributed by atoms with Crippen molar-refractivity contribution in [1.82, 2.24) is 5.32 Å². The van der Waals surface area contributed by atoms with Gasteiger partial charge < -0.3 is 20.3 Å². The molecule has 2 unspecified atom stereocenters. The zero-order valence-corrected chi connectivity index (χ0v) is 45.9. The normalized spacial score (nSPS) is 12.7. The molecule has 68 heavy (non-hydrogen) atoms. The van der Waals surface area contributed by atoms with E-state index in [-0.39, 0.29) is 18.5 Å². The van der Waals surface area contributed by atoms with Gasteiger partial charge in [-0.25, -0.2) is 0 Å². The van der Waals surface area contributed by atoms with Crippen molar-refractivity contribution in [2.24, 2.45) is 0 Å². The van der Waals surface area contributed by atoms with E-state index in [2.05, 4.69) is 43.5 Å². The number of aliphatic hydroxyl groups excluding tert-OH is 2. The molecule has 6 nitrogen and oxygen atoms in total. The maximum absolute atomic E-state index is 12.5. The summed E-state index contributed by atoms with van der Waals surface area (Å²) in [5.74, 6) is -0.0408. The van der Waals surface area contributed by atoms with Crippen LogP contribution in [-0.4, -0.2) is 47.4 Å². The topological polar surface area (TPSA) is 95.9 Å². The molecule has 0 saturated heterocycles. The predicted molar refractivity (Wildman–Crippen MR) is 296 cm³/mol. The van der Waals surface area contributed by atoms with E-state index in [1.807, 2.05) is 0 Å². The molecule has 0 aromatic heterocycles. The Morgan fingerprint density at radius 2 is 0.691 bits per heavy atom. The number of esters is 1. The first kappa shape index (κ1) is 66.3. The molecule has 0 bridgehead atoms. The highest BCUT2D eigenvalue weighted by atomic mass is 16.5. The molecule has 2 atom stereocenters. The van der Waals surface area contributed by atoms with Crippen molar-refractivity contribution < 1.29 is 24.5 Å². The van der Waals surface area contributed by atoms with E-state index in [0.29, 0.717) is 25.9 Å². The average molecular weight is 959 g/mol. The van der Waals surface area contributed by atoms with Crippen LogP contribution in [0.25, 0.3) is 0 Å². The molecular formula is C62H119NO5. The van der Waals surface area contributed by atoms with Gasteiger partial charge in [0.25, 0.3) is 0 Å². The van der Waals surface area contributed by atoms with E-state index in [4.69, 9.17) is 4.74 Å². The Morgan fingerprint density at radius 1 is 0.397 bits per heavy atom. The second-order valence-electron chi connectivity index (χ2n) is 21.0. The molecule has 0 aliphatic carbocycles. The summed E-state index contributed by atoms with van der Waals surface area (Å²) in [7, 11) is 0. The zero-order valence-electron chi connectivity index (χ0n) is 45.9. The first-order chi connectivity index (χ1) is 33.5. The standard InChI is InChI=1S/C62H119NO5/c1-3-5-7-9-11-13-15-17-19-27-30-34-38-42-46-50-54-60(65)59(58-64)63-61(66)55-51-47-43-39-35-31-28-25-23-21-20-22-24-26-29-33-37-41-45-49-53-57-68-62(67)56-52-48-44-40-36-32-18-16-14-12-10-8-6-4-2/h16,18,21,23,59-60,64-65H,3-15,17,19-20,22,24-58H2,1-2H3,(H,63,66)/b18-16-,23-21-. The number of allylic oxidation sites excluding steroid dienone is 4. The third-order valence-electron chi connectivity index (χ3n) is 14.2. The largest absolute Gasteiger partial charge is 0.466 e. The number of carbonyl (C=O) groups excluding carboxylic acids is 2. The summed E-state index contributed by atoms with van der Waals surface area (Å²) in [6, 6.07) is -0.547. The fraction of sp³-hybridized carbons (Fsp3) is 0.903. The third-order valence-corrected chi connectivity index (χ3v) is 14.2. The molecule has 0 aliphatic rings. The van der Waals surface area contributed by atoms with Crippen LogP contribution in [0.5, 0.6) is 0 Å². The molecule has 0 fully saturated rings. The van der Waals surface area contributed by atoms with Gasteiger partial charge in [0, 0.05) is 12.8 Å². The zero-order chi connectivity index (χ0) is 49.3. The summed E-state index contributed by atoms with van der Waals surface area (Å²) in [4.78, 5) is 24.5. The molecule has 0 saturated carbocycles. The Kier molecular flexibility index (Phi) is 56.5. The highest BCUT2D eigenvalue weighted by Gasteiger charge is 2.20. The van der Waals surface area contributed by atoms with Crippen molar-refractivity contribution >= 4 is 11.9 Å². The van der Waals surface area contributed by atoms with E-state index in [1.54, 1.807) is 0 Å². The van der Waals surface area contributed by atoms with Gasteiger partial charge in [-0.3, -0.25) is 9.59 Å². The fourth-order valence-corrected chi connectivity index (χ4v) is 9.51. The maximum atomic E-state index is 12.5. The minimum absolute atomic E-state index is 0.0000219. The highest BCUT2D eigenvalue weighted by Crippen LogP contribution is 2.17. The van der Waals surface area contributed by atoms with Crippen LogP contribution in [0.1, 0.15) is 335 Å². The number of hydrogen-bond acceptors (Lipinski definition) is 5. The van der Waals surface area contributed by atoms with E-state index in [1.165, 1.54) is 257 Å². The molecule has 0 aliphatic heterocycles. The number of carbonyl (C=O) groups is 2. The molecule has 0 aromatic rings. The summed E-state index contributed by atoms with van der Waals surface area (Å²) < 4.78 is 5.47. The first-order valence-corrected chi connectivity index (χ1v) is 30.6. The molecule has 0 aromatic carbocycles. The molecule has 0 rings (SSSR count). The van der Waals surface area contributed by atoms with Crippen molar-refractivity contribution in [3.8, 4) is 0 Å². The van der Waals surface area contributed by atoms with Crippen LogP contribution in [0.2, 0.25) is 0 Å². The van der Waals surface area contributed by atoms with Crippen molar-refractivity contribution in [2.75, 3.05) is 13.2 Å². The van der Waals surface area contributed by atoms with E-state index in [9.17, 15) is 19.8 Å². The minimum atomic E-state index is -0.669. The molecule has 402 valence electrons. The van der Waals surface area contributed by atoms with Crippen LogP contribution in [0.4, 0.5) is 0 Å². The van der Waals surface area contributed by atoms with Gasteiger partial charge in [0.1, 0.15) is 0 Å². The summed E-state index contributed by atoms with van der Waals surface area (Å²) in [5.41, 5.74) is 0. The lowest BCUT2D eigenvalue weighted by atomic mass is 10.0. The SMILES string of the molecule is CCCCCCC/C=C\CCCCCCCC(=O)OCCCCCCCCCCCC/C=C\CCCCCCCCCC(=O)NC(CO)C(O)CCCCCCCCCCCCCCCCCC. The van der Waals surface area contributed by atoms with Gasteiger partial charge in [-0.2, -0.15) is 0 Å². The van der Waals surface area contributed by atoms with Gasteiger partial charge in [0.05, 0.1) is 25.4 Å². The van der Waals surface area contributed by atoms with Crippen molar-refractivity contribution in [1.29, 1.82) is 0 Å². The summed E-state index contributed by atoms with van der Waals surface area (Å²) >= 11 is 0. The lowest BCUT2D eigenvalue weighted by Crippen LogP contribution is -2.45. The summed E-state index contributed by atoms with van der Waals surface area (Å²) in [6.45, 7) is 4.95. The molecule has 0 radical (unpaired) electrons. The van der Waals surface area contributed by atoms with Gasteiger partial charge >= 0.3 is 5.97 Å². The number of ether oxygens (including phenoxy) is 1. The van der Waals surface area contributed by atoms with Gasteiger partial charge in [-0.15, -0.1) is 0 Å². The second kappa shape index (κ2) is 57.9. The van der Waals surface area contributed by atoms with Crippen LogP contribution in [0, 0.1) is 0 Å². The number of rotatable bonds is 57. The minimum Gasteiger partial charge on any atom is -0.466 e. The van der Waals surface area contributed by atoms with Crippen LogP contribution in [0.15, 0.2) is 24.3 Å². The molecular weight excluding hydrogens is 839 g/mol. The fourth-order valence-electron chi connectivity index (χ4n) is 9.51. The number of amides is 1. The summed E-state index contributed by atoms with van der Waals surface area (Å²) in [6.07, 6.45) is 70.3. The number of aliphatic hydroxyl groups is 2. The molecule has 0 heterocycles. The monoisotopic (exact) mass is 958 g/mol. The third kappa shape index (κ3) is 53.7. The summed E-state index contributed by atoms with van der Waals surface area (Å²) in [5, 5.41) is 23.3. The molecule has 1 amide bonds. The number of unbranched alkanes of at least 4 members (excludes halogenated alkanes) is 42. The van der Waals surface area contributed by atoms with Gasteiger partial charge in [-0.1, -0.05) is 269 Å². The predicted octanol–water partition coefficient (Wildman–Crippen LogP) is 19.0. The van der Waals surface area contributed by atoms with Crippen molar-refractivity contribution in [2.45, 2.75) is 347 Å². The maximum Gasteiger partial charge on any atom is 0.305 e. The van der Waals surface area contributed by atoms with Crippen molar-refractivity contribution in [3.63, 3.8) is 0 Å². The van der Waals surface area contributed by atoms with E-state index in [0.717, 1.165) is 44.9 Å². The van der Waals surface area contributed by atoms with Crippen LogP contribution in [-0.2, 0) is 14.3 Å². The average Bonchev–Trinajstić information content (AvgIpc) is 3.34. The van der Waals surface area contributed by atoms with Gasteiger partial charge in [0.15, 0.2) is 0 Å². The van der Waals surface area contributed by atoms with Crippen LogP contribution in [0.3, 0.4) is 0 Å². The Bertz CT molecular complexity index is 1060. The van der Waals surface area contributed by atoms with Crippen LogP contribution < -0.4 is 5.32 Å². The van der Waals surface area contributed by atoms with Gasteiger partial charge in [0.2, 0.25) is 5.91 Å². The lowest BCUT2D eigenvalue weighted by Gasteiger charge is -2.22. The highest BCUT2D eigenvalue weighted by molar-refractivity contribution is 5.76. The Balaban J connectivity index is 3.42. The smallest absolute Gasteiger partial charge is 0.305 e. The van der Waals surface area contributed by atoms with Crippen LogP contribution >= 0.6 is 0 Å². The Labute approximate surface area is 424 Å². The quantitative estimate of drug-likeness (QED) is 0.0321. The molecule has 0 spiro atoms.